The summed E-state index contributed by atoms with van der Waals surface area (Å²) < 4.78 is 5.35. The molecule has 0 aliphatic carbocycles. The minimum absolute atomic E-state index is 0.279. The molecule has 3 heteroatoms. The Labute approximate surface area is 178 Å². The van der Waals surface area contributed by atoms with E-state index in [-0.39, 0.29) is 6.04 Å². The molecule has 0 saturated carbocycles. The molecule has 1 atom stereocenters. The summed E-state index contributed by atoms with van der Waals surface area (Å²) in [5.41, 5.74) is 7.58. The van der Waals surface area contributed by atoms with Crippen molar-refractivity contribution in [1.29, 1.82) is 0 Å². The van der Waals surface area contributed by atoms with Crippen LogP contribution in [0.1, 0.15) is 28.4 Å². The molecule has 4 aromatic rings. The van der Waals surface area contributed by atoms with Gasteiger partial charge in [-0.1, -0.05) is 48.0 Å². The molecule has 0 spiro atoms. The fraction of sp³-hybridized carbons (Fsp3) is 0.222. The normalized spacial score (nSPS) is 15.8. The highest BCUT2D eigenvalue weighted by Gasteiger charge is 2.28. The van der Waals surface area contributed by atoms with Gasteiger partial charge >= 0.3 is 0 Å². The minimum Gasteiger partial charge on any atom is -0.497 e. The lowest BCUT2D eigenvalue weighted by molar-refractivity contribution is 0.415. The molecule has 150 valence electrons. The van der Waals surface area contributed by atoms with Crippen molar-refractivity contribution in [3.05, 3.63) is 101 Å². The third-order valence-electron chi connectivity index (χ3n) is 6.13. The number of aryl methyl sites for hydroxylation is 1. The van der Waals surface area contributed by atoms with Gasteiger partial charge in [0.2, 0.25) is 0 Å². The summed E-state index contributed by atoms with van der Waals surface area (Å²) in [7, 11) is 1.70. The highest BCUT2D eigenvalue weighted by Crippen LogP contribution is 2.36. The van der Waals surface area contributed by atoms with Crippen molar-refractivity contribution in [2.45, 2.75) is 25.8 Å². The van der Waals surface area contributed by atoms with Gasteiger partial charge in [0, 0.05) is 29.7 Å². The first-order valence-corrected chi connectivity index (χ1v) is 10.6. The number of nitrogens with zero attached hydrogens (tertiary/aromatic N) is 2. The number of pyridine rings is 1. The van der Waals surface area contributed by atoms with E-state index in [1.54, 1.807) is 7.11 Å². The third kappa shape index (κ3) is 3.52. The molecule has 1 unspecified atom stereocenters. The van der Waals surface area contributed by atoms with Crippen molar-refractivity contribution in [3.8, 4) is 5.75 Å². The number of fused-ring (bicyclic) bond motifs is 2. The zero-order valence-corrected chi connectivity index (χ0v) is 17.5. The number of anilines is 1. The van der Waals surface area contributed by atoms with Crippen molar-refractivity contribution in [2.75, 3.05) is 18.6 Å². The van der Waals surface area contributed by atoms with E-state index in [9.17, 15) is 0 Å². The van der Waals surface area contributed by atoms with Gasteiger partial charge in [0.15, 0.2) is 0 Å². The van der Waals surface area contributed by atoms with E-state index < -0.39 is 0 Å². The van der Waals surface area contributed by atoms with Gasteiger partial charge in [-0.05, 0) is 60.9 Å². The first-order chi connectivity index (χ1) is 14.7. The number of hydrogen-bond acceptors (Lipinski definition) is 3. The van der Waals surface area contributed by atoms with E-state index in [2.05, 4.69) is 72.5 Å². The summed E-state index contributed by atoms with van der Waals surface area (Å²) in [6, 6.07) is 28.4. The Kier molecular flexibility index (Phi) is 4.88. The Morgan fingerprint density at radius 1 is 0.967 bits per heavy atom. The Bertz CT molecular complexity index is 1180. The SMILES string of the molecule is COc1ccc2nc(CC3c4ccccc4CCN3c3ccc(C)cc3)ccc2c1. The molecular formula is C27H26N2O. The Morgan fingerprint density at radius 2 is 1.80 bits per heavy atom. The number of hydrogen-bond donors (Lipinski definition) is 0. The van der Waals surface area contributed by atoms with Gasteiger partial charge in [0.1, 0.15) is 5.75 Å². The number of methoxy groups -OCH3 is 1. The molecular weight excluding hydrogens is 368 g/mol. The van der Waals surface area contributed by atoms with Gasteiger partial charge in [0.25, 0.3) is 0 Å². The van der Waals surface area contributed by atoms with Crippen molar-refractivity contribution >= 4 is 16.6 Å². The minimum atomic E-state index is 0.279. The lowest BCUT2D eigenvalue weighted by atomic mass is 9.89. The molecule has 0 radical (unpaired) electrons. The average molecular weight is 395 g/mol. The lowest BCUT2D eigenvalue weighted by Gasteiger charge is -2.39. The molecule has 30 heavy (non-hydrogen) atoms. The zero-order chi connectivity index (χ0) is 20.5. The van der Waals surface area contributed by atoms with Crippen LogP contribution in [-0.2, 0) is 12.8 Å². The number of benzene rings is 3. The summed E-state index contributed by atoms with van der Waals surface area (Å²) >= 11 is 0. The maximum absolute atomic E-state index is 5.35. The average Bonchev–Trinajstić information content (AvgIpc) is 2.79. The summed E-state index contributed by atoms with van der Waals surface area (Å²) in [6.07, 6.45) is 1.96. The topological polar surface area (TPSA) is 25.4 Å². The molecule has 0 saturated heterocycles. The predicted octanol–water partition coefficient (Wildman–Crippen LogP) is 5.90. The van der Waals surface area contributed by atoms with E-state index in [0.717, 1.165) is 41.7 Å². The molecule has 2 heterocycles. The van der Waals surface area contributed by atoms with Crippen molar-refractivity contribution in [3.63, 3.8) is 0 Å². The highest BCUT2D eigenvalue weighted by atomic mass is 16.5. The molecule has 3 aromatic carbocycles. The van der Waals surface area contributed by atoms with E-state index in [1.807, 2.05) is 18.2 Å². The van der Waals surface area contributed by atoms with E-state index in [0.29, 0.717) is 0 Å². The number of aromatic nitrogens is 1. The van der Waals surface area contributed by atoms with Crippen LogP contribution >= 0.6 is 0 Å². The fourth-order valence-electron chi connectivity index (χ4n) is 4.50. The van der Waals surface area contributed by atoms with Crippen molar-refractivity contribution in [2.24, 2.45) is 0 Å². The summed E-state index contributed by atoms with van der Waals surface area (Å²) in [5, 5.41) is 1.11. The maximum atomic E-state index is 5.35. The number of ether oxygens (including phenoxy) is 1. The molecule has 0 bridgehead atoms. The predicted molar refractivity (Wildman–Crippen MR) is 123 cm³/mol. The van der Waals surface area contributed by atoms with Crippen LogP contribution in [0.2, 0.25) is 0 Å². The second-order valence-corrected chi connectivity index (χ2v) is 8.06. The third-order valence-corrected chi connectivity index (χ3v) is 6.13. The van der Waals surface area contributed by atoms with Crippen LogP contribution in [0.5, 0.6) is 5.75 Å². The Balaban J connectivity index is 1.53. The van der Waals surface area contributed by atoms with Crippen LogP contribution in [0.3, 0.4) is 0 Å². The summed E-state index contributed by atoms with van der Waals surface area (Å²) in [4.78, 5) is 7.52. The van der Waals surface area contributed by atoms with Crippen LogP contribution in [0, 0.1) is 6.92 Å². The maximum Gasteiger partial charge on any atom is 0.119 e. The van der Waals surface area contributed by atoms with Gasteiger partial charge in [-0.2, -0.15) is 0 Å². The number of rotatable bonds is 4. The van der Waals surface area contributed by atoms with Crippen LogP contribution in [0.4, 0.5) is 5.69 Å². The monoisotopic (exact) mass is 394 g/mol. The van der Waals surface area contributed by atoms with Crippen LogP contribution in [0.15, 0.2) is 78.9 Å². The van der Waals surface area contributed by atoms with Crippen LogP contribution in [0.25, 0.3) is 10.9 Å². The molecule has 1 aliphatic rings. The zero-order valence-electron chi connectivity index (χ0n) is 17.5. The molecule has 0 amide bonds. The largest absolute Gasteiger partial charge is 0.497 e. The highest BCUT2D eigenvalue weighted by molar-refractivity contribution is 5.80. The van der Waals surface area contributed by atoms with Gasteiger partial charge in [0.05, 0.1) is 18.7 Å². The molecule has 3 nitrogen and oxygen atoms in total. The lowest BCUT2D eigenvalue weighted by Crippen LogP contribution is -2.36. The molecule has 1 aromatic heterocycles. The molecule has 1 aliphatic heterocycles. The smallest absolute Gasteiger partial charge is 0.119 e. The second-order valence-electron chi connectivity index (χ2n) is 8.06. The summed E-state index contributed by atoms with van der Waals surface area (Å²) in [5.74, 6) is 0.865. The molecule has 0 N–H and O–H groups in total. The standard InChI is InChI=1S/C27H26N2O/c1-19-7-11-23(12-8-19)29-16-15-20-5-3-4-6-25(20)27(29)18-22-10-9-21-17-24(30-2)13-14-26(21)28-22/h3-14,17,27H,15-16,18H2,1-2H3. The Hall–Kier alpha value is -3.33. The molecule has 5 rings (SSSR count). The first kappa shape index (κ1) is 18.7. The van der Waals surface area contributed by atoms with Gasteiger partial charge in [-0.15, -0.1) is 0 Å². The first-order valence-electron chi connectivity index (χ1n) is 10.6. The van der Waals surface area contributed by atoms with Gasteiger partial charge in [-0.25, -0.2) is 0 Å². The summed E-state index contributed by atoms with van der Waals surface area (Å²) in [6.45, 7) is 3.16. The molecule has 0 fully saturated rings. The van der Waals surface area contributed by atoms with Crippen LogP contribution in [-0.4, -0.2) is 18.6 Å². The fourth-order valence-corrected chi connectivity index (χ4v) is 4.50. The van der Waals surface area contributed by atoms with Crippen LogP contribution < -0.4 is 9.64 Å². The van der Waals surface area contributed by atoms with Crippen molar-refractivity contribution in [1.82, 2.24) is 4.98 Å². The Morgan fingerprint density at radius 3 is 2.63 bits per heavy atom. The van der Waals surface area contributed by atoms with E-state index >= 15 is 0 Å². The van der Waals surface area contributed by atoms with Gasteiger partial charge < -0.3 is 9.64 Å². The van der Waals surface area contributed by atoms with E-state index in [1.165, 1.54) is 22.4 Å². The van der Waals surface area contributed by atoms with E-state index in [4.69, 9.17) is 9.72 Å². The second kappa shape index (κ2) is 7.83. The quantitative estimate of drug-likeness (QED) is 0.431. The van der Waals surface area contributed by atoms with Gasteiger partial charge in [-0.3, -0.25) is 4.98 Å². The van der Waals surface area contributed by atoms with Crippen molar-refractivity contribution < 1.29 is 4.74 Å².